The van der Waals surface area contributed by atoms with E-state index in [0.29, 0.717) is 18.3 Å². The van der Waals surface area contributed by atoms with E-state index in [1.165, 1.54) is 19.3 Å². The maximum Gasteiger partial charge on any atom is 0.225 e. The van der Waals surface area contributed by atoms with Gasteiger partial charge in [-0.3, -0.25) is 4.79 Å². The Morgan fingerprint density at radius 2 is 1.96 bits per heavy atom. The van der Waals surface area contributed by atoms with Crippen LogP contribution in [0.15, 0.2) is 34.9 Å². The molecule has 1 N–H and O–H groups in total. The Kier molecular flexibility index (Phi) is 5.18. The summed E-state index contributed by atoms with van der Waals surface area (Å²) in [4.78, 5) is 14.8. The fraction of sp³-hybridized carbons (Fsp3) is 0.550. The first kappa shape index (κ1) is 17.1. The Hall–Kier alpha value is -2.37. The van der Waals surface area contributed by atoms with Crippen LogP contribution >= 0.6 is 0 Å². The van der Waals surface area contributed by atoms with Gasteiger partial charge in [-0.1, -0.05) is 19.3 Å². The Morgan fingerprint density at radius 1 is 1.08 bits per heavy atom. The molecule has 4 rings (SSSR count). The summed E-state index contributed by atoms with van der Waals surface area (Å²) in [6, 6.07) is 7.97. The number of carbonyl (C=O) groups is 1. The predicted octanol–water partition coefficient (Wildman–Crippen LogP) is 3.40. The average Bonchev–Trinajstić information content (AvgIpc) is 3.24. The number of nitrogens with one attached hydrogen (secondary N) is 1. The summed E-state index contributed by atoms with van der Waals surface area (Å²) in [5.74, 6) is 1.79. The molecule has 2 fully saturated rings. The summed E-state index contributed by atoms with van der Waals surface area (Å²) in [6.45, 7) is 1.63. The summed E-state index contributed by atoms with van der Waals surface area (Å²) >= 11 is 0. The van der Waals surface area contributed by atoms with Crippen LogP contribution in [-0.4, -0.2) is 35.2 Å². The van der Waals surface area contributed by atoms with Gasteiger partial charge in [0.2, 0.25) is 5.91 Å². The van der Waals surface area contributed by atoms with Crippen LogP contribution in [0, 0.1) is 5.92 Å². The van der Waals surface area contributed by atoms with Crippen molar-refractivity contribution in [3.8, 4) is 11.5 Å². The van der Waals surface area contributed by atoms with Crippen molar-refractivity contribution in [1.29, 1.82) is 0 Å². The monoisotopic (exact) mass is 354 g/mol. The fourth-order valence-corrected chi connectivity index (χ4v) is 4.01. The van der Waals surface area contributed by atoms with Gasteiger partial charge in [0, 0.05) is 19.1 Å². The molecule has 1 unspecified atom stereocenters. The van der Waals surface area contributed by atoms with Crippen LogP contribution in [0.3, 0.4) is 0 Å². The quantitative estimate of drug-likeness (QED) is 0.911. The molecule has 0 radical (unpaired) electrons. The fourth-order valence-electron chi connectivity index (χ4n) is 4.01. The minimum Gasteiger partial charge on any atom is -0.463 e. The molecular formula is C20H26N4O2. The largest absolute Gasteiger partial charge is 0.463 e. The Balaban J connectivity index is 1.37. The van der Waals surface area contributed by atoms with Gasteiger partial charge in [0.25, 0.3) is 0 Å². The number of hydrogen-bond acceptors (Lipinski definition) is 5. The molecule has 2 aromatic heterocycles. The highest BCUT2D eigenvalue weighted by Crippen LogP contribution is 2.24. The van der Waals surface area contributed by atoms with E-state index < -0.39 is 0 Å². The molecule has 0 aromatic carbocycles. The van der Waals surface area contributed by atoms with Crippen molar-refractivity contribution >= 4 is 11.7 Å². The van der Waals surface area contributed by atoms with Crippen molar-refractivity contribution in [3.05, 3.63) is 30.5 Å². The zero-order valence-corrected chi connectivity index (χ0v) is 15.1. The third-order valence-corrected chi connectivity index (χ3v) is 5.49. The van der Waals surface area contributed by atoms with E-state index in [9.17, 15) is 4.79 Å². The van der Waals surface area contributed by atoms with Crippen LogP contribution in [0.2, 0.25) is 0 Å². The first-order valence-electron chi connectivity index (χ1n) is 9.72. The zero-order chi connectivity index (χ0) is 17.8. The first-order valence-corrected chi connectivity index (χ1v) is 9.72. The molecule has 2 aromatic rings. The van der Waals surface area contributed by atoms with Crippen molar-refractivity contribution in [2.24, 2.45) is 5.92 Å². The molecule has 3 heterocycles. The normalized spacial score (nSPS) is 21.5. The van der Waals surface area contributed by atoms with Crippen molar-refractivity contribution in [2.45, 2.75) is 51.0 Å². The lowest BCUT2D eigenvalue weighted by molar-refractivity contribution is -0.126. The Bertz CT molecular complexity index is 708. The second-order valence-corrected chi connectivity index (χ2v) is 7.38. The number of anilines is 1. The van der Waals surface area contributed by atoms with Crippen LogP contribution < -0.4 is 10.2 Å². The molecule has 138 valence electrons. The van der Waals surface area contributed by atoms with Gasteiger partial charge in [0.05, 0.1) is 12.2 Å². The molecular weight excluding hydrogens is 328 g/mol. The van der Waals surface area contributed by atoms with Crippen LogP contribution in [0.25, 0.3) is 11.5 Å². The number of hydrogen-bond donors (Lipinski definition) is 1. The van der Waals surface area contributed by atoms with E-state index in [4.69, 9.17) is 4.42 Å². The van der Waals surface area contributed by atoms with Crippen molar-refractivity contribution in [3.63, 3.8) is 0 Å². The maximum absolute atomic E-state index is 12.7. The molecule has 0 bridgehead atoms. The second-order valence-electron chi connectivity index (χ2n) is 7.38. The van der Waals surface area contributed by atoms with Gasteiger partial charge in [-0.05, 0) is 49.9 Å². The Labute approximate surface area is 154 Å². The second kappa shape index (κ2) is 7.89. The van der Waals surface area contributed by atoms with Gasteiger partial charge in [-0.25, -0.2) is 0 Å². The summed E-state index contributed by atoms with van der Waals surface area (Å²) < 4.78 is 5.36. The number of amides is 1. The lowest BCUT2D eigenvalue weighted by Crippen LogP contribution is -2.46. The van der Waals surface area contributed by atoms with Gasteiger partial charge in [-0.2, -0.15) is 0 Å². The zero-order valence-electron chi connectivity index (χ0n) is 15.1. The molecule has 1 saturated heterocycles. The lowest BCUT2D eigenvalue weighted by Gasteiger charge is -2.34. The van der Waals surface area contributed by atoms with Crippen molar-refractivity contribution in [1.82, 2.24) is 15.5 Å². The van der Waals surface area contributed by atoms with E-state index >= 15 is 0 Å². The highest BCUT2D eigenvalue weighted by molar-refractivity contribution is 5.79. The molecule has 1 aliphatic carbocycles. The molecule has 1 atom stereocenters. The van der Waals surface area contributed by atoms with Gasteiger partial charge in [-0.15, -0.1) is 10.2 Å². The molecule has 1 amide bonds. The van der Waals surface area contributed by atoms with Gasteiger partial charge in [0.15, 0.2) is 11.6 Å². The summed E-state index contributed by atoms with van der Waals surface area (Å²) in [5.41, 5.74) is 0.724. The van der Waals surface area contributed by atoms with Crippen molar-refractivity contribution < 1.29 is 9.21 Å². The number of aromatic nitrogens is 2. The molecule has 26 heavy (non-hydrogen) atoms. The van der Waals surface area contributed by atoms with Gasteiger partial charge < -0.3 is 14.6 Å². The summed E-state index contributed by atoms with van der Waals surface area (Å²) in [5, 5.41) is 11.9. The number of furan rings is 1. The summed E-state index contributed by atoms with van der Waals surface area (Å²) in [6.07, 6.45) is 9.61. The SMILES string of the molecule is O=C(NC1CCCCC1)C1CCCN(c2ccc(-c3ccco3)nn2)C1. The minimum absolute atomic E-state index is 0.0391. The average molecular weight is 354 g/mol. The molecule has 2 aliphatic rings. The van der Waals surface area contributed by atoms with Crippen LogP contribution in [0.4, 0.5) is 5.82 Å². The number of piperidine rings is 1. The smallest absolute Gasteiger partial charge is 0.225 e. The van der Waals surface area contributed by atoms with Crippen LogP contribution in [-0.2, 0) is 4.79 Å². The number of rotatable bonds is 4. The van der Waals surface area contributed by atoms with E-state index in [2.05, 4.69) is 20.4 Å². The van der Waals surface area contributed by atoms with E-state index in [-0.39, 0.29) is 11.8 Å². The number of nitrogens with zero attached hydrogens (tertiary/aromatic N) is 3. The van der Waals surface area contributed by atoms with Gasteiger partial charge in [0.1, 0.15) is 5.69 Å². The molecule has 0 spiro atoms. The predicted molar refractivity (Wildman–Crippen MR) is 99.7 cm³/mol. The molecule has 1 saturated carbocycles. The molecule has 1 aliphatic heterocycles. The highest BCUT2D eigenvalue weighted by Gasteiger charge is 2.28. The standard InChI is InChI=1S/C20H26N4O2/c25-20(21-16-7-2-1-3-8-16)15-6-4-12-24(14-15)19-11-10-17(22-23-19)18-9-5-13-26-18/h5,9-11,13,15-16H,1-4,6-8,12,14H2,(H,21,25). The van der Waals surface area contributed by atoms with Crippen LogP contribution in [0.5, 0.6) is 0 Å². The van der Waals surface area contributed by atoms with E-state index in [1.54, 1.807) is 6.26 Å². The molecule has 6 nitrogen and oxygen atoms in total. The lowest BCUT2D eigenvalue weighted by atomic mass is 9.93. The van der Waals surface area contributed by atoms with Crippen molar-refractivity contribution in [2.75, 3.05) is 18.0 Å². The third-order valence-electron chi connectivity index (χ3n) is 5.49. The van der Waals surface area contributed by atoms with Gasteiger partial charge >= 0.3 is 0 Å². The van der Waals surface area contributed by atoms with E-state index in [0.717, 1.165) is 43.7 Å². The maximum atomic E-state index is 12.7. The topological polar surface area (TPSA) is 71.3 Å². The summed E-state index contributed by atoms with van der Waals surface area (Å²) in [7, 11) is 0. The minimum atomic E-state index is 0.0391. The van der Waals surface area contributed by atoms with E-state index in [1.807, 2.05) is 24.3 Å². The molecule has 6 heteroatoms. The number of carbonyl (C=O) groups excluding carboxylic acids is 1. The third kappa shape index (κ3) is 3.89. The Morgan fingerprint density at radius 3 is 2.69 bits per heavy atom. The first-order chi connectivity index (χ1) is 12.8. The highest BCUT2D eigenvalue weighted by atomic mass is 16.3. The van der Waals surface area contributed by atoms with Crippen LogP contribution in [0.1, 0.15) is 44.9 Å².